The van der Waals surface area contributed by atoms with Crippen molar-refractivity contribution >= 4 is 40.9 Å². The summed E-state index contributed by atoms with van der Waals surface area (Å²) in [5, 5.41) is 2.71. The lowest BCUT2D eigenvalue weighted by Crippen LogP contribution is -2.33. The summed E-state index contributed by atoms with van der Waals surface area (Å²) in [5.41, 5.74) is 1.33. The van der Waals surface area contributed by atoms with E-state index in [1.165, 1.54) is 6.92 Å². The van der Waals surface area contributed by atoms with Gasteiger partial charge < -0.3 is 19.7 Å². The second kappa shape index (κ2) is 10.3. The molecule has 0 aliphatic carbocycles. The van der Waals surface area contributed by atoms with Crippen LogP contribution >= 0.6 is 11.8 Å². The van der Waals surface area contributed by atoms with Crippen LogP contribution in [0.3, 0.4) is 0 Å². The summed E-state index contributed by atoms with van der Waals surface area (Å²) >= 11 is 1.62. The molecule has 1 aliphatic rings. The summed E-state index contributed by atoms with van der Waals surface area (Å²) in [6.07, 6.45) is 1.06. The van der Waals surface area contributed by atoms with E-state index >= 15 is 0 Å². The van der Waals surface area contributed by atoms with E-state index < -0.39 is 23.9 Å². The summed E-state index contributed by atoms with van der Waals surface area (Å²) in [6, 6.07) is 14.5. The fourth-order valence-electron chi connectivity index (χ4n) is 3.25. The Labute approximate surface area is 186 Å². The second-order valence-electron chi connectivity index (χ2n) is 7.13. The molecule has 2 aromatic rings. The van der Waals surface area contributed by atoms with Gasteiger partial charge in [0.25, 0.3) is 5.91 Å². The molecule has 1 N–H and O–H groups in total. The van der Waals surface area contributed by atoms with E-state index in [0.717, 1.165) is 10.6 Å². The van der Waals surface area contributed by atoms with Crippen molar-refractivity contribution in [3.8, 4) is 5.75 Å². The monoisotopic (exact) mass is 442 g/mol. The molecule has 8 heteroatoms. The maximum atomic E-state index is 12.6. The number of amides is 2. The Kier molecular flexibility index (Phi) is 7.57. The lowest BCUT2D eigenvalue weighted by Gasteiger charge is -2.18. The topological polar surface area (TPSA) is 84.9 Å². The Morgan fingerprint density at radius 3 is 2.45 bits per heavy atom. The first-order valence-electron chi connectivity index (χ1n) is 10.1. The average Bonchev–Trinajstić information content (AvgIpc) is 3.17. The van der Waals surface area contributed by atoms with Crippen LogP contribution in [0.15, 0.2) is 53.4 Å². The van der Waals surface area contributed by atoms with Gasteiger partial charge >= 0.3 is 5.97 Å². The molecular weight excluding hydrogens is 416 g/mol. The molecule has 0 saturated carbocycles. The van der Waals surface area contributed by atoms with Gasteiger partial charge in [0.1, 0.15) is 5.75 Å². The second-order valence-corrected chi connectivity index (χ2v) is 8.01. The Morgan fingerprint density at radius 2 is 1.84 bits per heavy atom. The van der Waals surface area contributed by atoms with E-state index in [1.54, 1.807) is 40.9 Å². The largest absolute Gasteiger partial charge is 0.494 e. The van der Waals surface area contributed by atoms with Crippen LogP contribution < -0.4 is 15.0 Å². The van der Waals surface area contributed by atoms with Crippen LogP contribution in [0, 0.1) is 5.92 Å². The molecular formula is C23H26N2O5S. The van der Waals surface area contributed by atoms with E-state index in [-0.39, 0.29) is 18.9 Å². The number of carbonyl (C=O) groups is 3. The number of hydrogen-bond donors (Lipinski definition) is 1. The van der Waals surface area contributed by atoms with Gasteiger partial charge in [-0.05, 0) is 68.6 Å². The van der Waals surface area contributed by atoms with Crippen LogP contribution in [0.5, 0.6) is 5.75 Å². The molecule has 0 bridgehead atoms. The van der Waals surface area contributed by atoms with E-state index in [2.05, 4.69) is 5.32 Å². The molecule has 0 radical (unpaired) electrons. The van der Waals surface area contributed by atoms with Gasteiger partial charge in [0.05, 0.1) is 12.5 Å². The van der Waals surface area contributed by atoms with Crippen LogP contribution in [-0.2, 0) is 19.1 Å². The van der Waals surface area contributed by atoms with Crippen molar-refractivity contribution in [3.05, 3.63) is 48.5 Å². The van der Waals surface area contributed by atoms with Gasteiger partial charge in [-0.2, -0.15) is 0 Å². The van der Waals surface area contributed by atoms with Gasteiger partial charge in [0, 0.05) is 29.2 Å². The number of nitrogens with zero attached hydrogens (tertiary/aromatic N) is 1. The van der Waals surface area contributed by atoms with Crippen molar-refractivity contribution in [2.75, 3.05) is 29.6 Å². The minimum absolute atomic E-state index is 0.0658. The number of hydrogen-bond acceptors (Lipinski definition) is 6. The van der Waals surface area contributed by atoms with Crippen molar-refractivity contribution in [2.24, 2.45) is 5.92 Å². The number of rotatable bonds is 8. The summed E-state index contributed by atoms with van der Waals surface area (Å²) in [5.74, 6) is -1.02. The Bertz CT molecular complexity index is 930. The normalized spacial score (nSPS) is 16.7. The number of thioether (sulfide) groups is 1. The molecule has 2 unspecified atom stereocenters. The highest BCUT2D eigenvalue weighted by atomic mass is 32.2. The highest BCUT2D eigenvalue weighted by Gasteiger charge is 2.37. The standard InChI is InChI=1S/C23H26N2O5S/c1-4-29-19-9-5-17(6-10-19)24-22(27)15(2)30-23(28)16-13-21(26)25(14-16)18-7-11-20(31-3)12-8-18/h5-12,15-16H,4,13-14H2,1-3H3,(H,24,27). The van der Waals surface area contributed by atoms with Gasteiger partial charge in [-0.25, -0.2) is 0 Å². The van der Waals surface area contributed by atoms with Crippen LogP contribution in [0.2, 0.25) is 0 Å². The minimum atomic E-state index is -0.982. The van der Waals surface area contributed by atoms with E-state index in [9.17, 15) is 14.4 Å². The van der Waals surface area contributed by atoms with Crippen LogP contribution in [0.1, 0.15) is 20.3 Å². The summed E-state index contributed by atoms with van der Waals surface area (Å²) in [4.78, 5) is 40.0. The number of anilines is 2. The summed E-state index contributed by atoms with van der Waals surface area (Å²) in [6.45, 7) is 4.20. The molecule has 1 fully saturated rings. The van der Waals surface area contributed by atoms with Crippen molar-refractivity contribution in [1.82, 2.24) is 0 Å². The molecule has 1 aliphatic heterocycles. The molecule has 2 aromatic carbocycles. The third-order valence-electron chi connectivity index (χ3n) is 4.94. The first-order chi connectivity index (χ1) is 14.9. The number of ether oxygens (including phenoxy) is 2. The quantitative estimate of drug-likeness (QED) is 0.495. The lowest BCUT2D eigenvalue weighted by molar-refractivity contribution is -0.157. The van der Waals surface area contributed by atoms with Crippen molar-refractivity contribution in [1.29, 1.82) is 0 Å². The Balaban J connectivity index is 1.54. The van der Waals surface area contributed by atoms with Crippen LogP contribution in [-0.4, -0.2) is 43.3 Å². The molecule has 2 atom stereocenters. The third kappa shape index (κ3) is 5.79. The zero-order valence-corrected chi connectivity index (χ0v) is 18.6. The van der Waals surface area contributed by atoms with E-state index in [0.29, 0.717) is 18.0 Å². The number of esters is 1. The average molecular weight is 443 g/mol. The Hall–Kier alpha value is -3.00. The number of nitrogens with one attached hydrogen (secondary N) is 1. The van der Waals surface area contributed by atoms with Crippen LogP contribution in [0.4, 0.5) is 11.4 Å². The van der Waals surface area contributed by atoms with Crippen molar-refractivity contribution in [3.63, 3.8) is 0 Å². The maximum absolute atomic E-state index is 12.6. The molecule has 2 amide bonds. The van der Waals surface area contributed by atoms with Gasteiger partial charge in [0.2, 0.25) is 5.91 Å². The molecule has 3 rings (SSSR count). The molecule has 0 spiro atoms. The molecule has 0 aromatic heterocycles. The maximum Gasteiger partial charge on any atom is 0.312 e. The highest BCUT2D eigenvalue weighted by molar-refractivity contribution is 7.98. The SMILES string of the molecule is CCOc1ccc(NC(=O)C(C)OC(=O)C2CC(=O)N(c3ccc(SC)cc3)C2)cc1. The summed E-state index contributed by atoms with van der Waals surface area (Å²) in [7, 11) is 0. The first kappa shape index (κ1) is 22.7. The molecule has 1 heterocycles. The van der Waals surface area contributed by atoms with E-state index in [1.807, 2.05) is 37.4 Å². The lowest BCUT2D eigenvalue weighted by atomic mass is 10.1. The van der Waals surface area contributed by atoms with Crippen molar-refractivity contribution < 1.29 is 23.9 Å². The predicted octanol–water partition coefficient (Wildman–Crippen LogP) is 3.73. The number of carbonyl (C=O) groups excluding carboxylic acids is 3. The first-order valence-corrected chi connectivity index (χ1v) is 11.3. The zero-order valence-electron chi connectivity index (χ0n) is 17.8. The Morgan fingerprint density at radius 1 is 1.16 bits per heavy atom. The van der Waals surface area contributed by atoms with Gasteiger partial charge in [-0.1, -0.05) is 0 Å². The van der Waals surface area contributed by atoms with Crippen molar-refractivity contribution in [2.45, 2.75) is 31.3 Å². The van der Waals surface area contributed by atoms with Gasteiger partial charge in [-0.3, -0.25) is 14.4 Å². The molecule has 164 valence electrons. The smallest absolute Gasteiger partial charge is 0.312 e. The minimum Gasteiger partial charge on any atom is -0.494 e. The molecule has 31 heavy (non-hydrogen) atoms. The fourth-order valence-corrected chi connectivity index (χ4v) is 3.65. The highest BCUT2D eigenvalue weighted by Crippen LogP contribution is 2.28. The van der Waals surface area contributed by atoms with Gasteiger partial charge in [-0.15, -0.1) is 11.8 Å². The fraction of sp³-hybridized carbons (Fsp3) is 0.348. The molecule has 1 saturated heterocycles. The number of benzene rings is 2. The zero-order chi connectivity index (χ0) is 22.4. The van der Waals surface area contributed by atoms with E-state index in [4.69, 9.17) is 9.47 Å². The third-order valence-corrected chi connectivity index (χ3v) is 5.68. The predicted molar refractivity (Wildman–Crippen MR) is 120 cm³/mol. The molecule has 7 nitrogen and oxygen atoms in total. The van der Waals surface area contributed by atoms with Crippen LogP contribution in [0.25, 0.3) is 0 Å². The summed E-state index contributed by atoms with van der Waals surface area (Å²) < 4.78 is 10.7. The van der Waals surface area contributed by atoms with Gasteiger partial charge in [0.15, 0.2) is 6.10 Å².